The lowest BCUT2D eigenvalue weighted by Gasteiger charge is -2.43. The molecule has 0 atom stereocenters. The summed E-state index contributed by atoms with van der Waals surface area (Å²) >= 11 is 0. The number of piperidine rings is 3. The lowest BCUT2D eigenvalue weighted by Crippen LogP contribution is -2.57. The van der Waals surface area contributed by atoms with Crippen molar-refractivity contribution in [2.24, 2.45) is 5.92 Å². The van der Waals surface area contributed by atoms with Gasteiger partial charge in [-0.2, -0.15) is 5.10 Å². The molecule has 3 aliphatic heterocycles. The van der Waals surface area contributed by atoms with Crippen LogP contribution in [0.3, 0.4) is 0 Å². The van der Waals surface area contributed by atoms with Crippen LogP contribution in [0.5, 0.6) is 0 Å². The van der Waals surface area contributed by atoms with Crippen LogP contribution in [0.4, 0.5) is 0 Å². The van der Waals surface area contributed by atoms with Gasteiger partial charge in [-0.25, -0.2) is 0 Å². The third-order valence-electron chi connectivity index (χ3n) is 6.57. The van der Waals surface area contributed by atoms with Crippen molar-refractivity contribution in [1.29, 1.82) is 0 Å². The normalized spacial score (nSPS) is 23.4. The molecule has 0 aromatic carbocycles. The van der Waals surface area contributed by atoms with E-state index in [1.165, 1.54) is 0 Å². The predicted octanol–water partition coefficient (Wildman–Crippen LogP) is 1.63. The van der Waals surface area contributed by atoms with Gasteiger partial charge in [0.05, 0.1) is 0 Å². The summed E-state index contributed by atoms with van der Waals surface area (Å²) in [5.41, 5.74) is -0.537. The van der Waals surface area contributed by atoms with Gasteiger partial charge in [-0.05, 0) is 63.6 Å². The van der Waals surface area contributed by atoms with Crippen LogP contribution in [0.25, 0.3) is 0 Å². The first-order valence-corrected chi connectivity index (χ1v) is 10.5. The second kappa shape index (κ2) is 9.27. The first-order valence-electron chi connectivity index (χ1n) is 10.5. The molecule has 1 aromatic heterocycles. The van der Waals surface area contributed by atoms with Gasteiger partial charge in [-0.1, -0.05) is 0 Å². The van der Waals surface area contributed by atoms with E-state index in [4.69, 9.17) is 0 Å². The Hall–Kier alpha value is -1.60. The highest BCUT2D eigenvalue weighted by atomic mass is 35.5. The van der Waals surface area contributed by atoms with Gasteiger partial charge in [0.2, 0.25) is 5.91 Å². The van der Waals surface area contributed by atoms with Crippen LogP contribution >= 0.6 is 12.4 Å². The van der Waals surface area contributed by atoms with Gasteiger partial charge in [0.15, 0.2) is 0 Å². The van der Waals surface area contributed by atoms with E-state index in [1.54, 1.807) is 6.20 Å². The minimum Gasteiger partial charge on any atom is -0.342 e. The Morgan fingerprint density at radius 3 is 2.57 bits per heavy atom. The molecule has 3 fully saturated rings. The van der Waals surface area contributed by atoms with Crippen LogP contribution in [-0.4, -0.2) is 70.7 Å². The molecule has 0 unspecified atom stereocenters. The van der Waals surface area contributed by atoms with E-state index in [0.717, 1.165) is 77.8 Å². The van der Waals surface area contributed by atoms with E-state index in [0.29, 0.717) is 18.2 Å². The van der Waals surface area contributed by atoms with Crippen molar-refractivity contribution in [3.05, 3.63) is 18.5 Å². The molecule has 0 bridgehead atoms. The standard InChI is InChI=1S/C20H31N5O2.ClH/c26-18-4-1-2-12-24(18)16-17-5-14-23(15-6-17)19(27)20(7-10-21-11-8-20)25-13-3-9-22-25;/h3,9,13,17,21H,1-2,4-8,10-12,14-16H2;1H. The monoisotopic (exact) mass is 409 g/mol. The SMILES string of the molecule is Cl.O=C1CCCCN1CC1CCN(C(=O)C2(n3cccn3)CCNCC2)CC1. The summed E-state index contributed by atoms with van der Waals surface area (Å²) < 4.78 is 1.88. The Balaban J connectivity index is 0.00000225. The summed E-state index contributed by atoms with van der Waals surface area (Å²) in [7, 11) is 0. The Labute approximate surface area is 173 Å². The van der Waals surface area contributed by atoms with Crippen molar-refractivity contribution in [2.75, 3.05) is 39.3 Å². The lowest BCUT2D eigenvalue weighted by molar-refractivity contribution is -0.145. The molecule has 3 aliphatic rings. The predicted molar refractivity (Wildman–Crippen MR) is 109 cm³/mol. The van der Waals surface area contributed by atoms with Gasteiger partial charge in [0, 0.05) is 45.0 Å². The van der Waals surface area contributed by atoms with E-state index in [9.17, 15) is 9.59 Å². The topological polar surface area (TPSA) is 70.5 Å². The van der Waals surface area contributed by atoms with Crippen LogP contribution in [0.2, 0.25) is 0 Å². The number of likely N-dealkylation sites (tertiary alicyclic amines) is 2. The molecule has 0 radical (unpaired) electrons. The number of carbonyl (C=O) groups excluding carboxylic acids is 2. The fourth-order valence-electron chi connectivity index (χ4n) is 4.88. The van der Waals surface area contributed by atoms with E-state index in [-0.39, 0.29) is 18.3 Å². The number of halogens is 1. The molecule has 156 valence electrons. The number of carbonyl (C=O) groups is 2. The highest BCUT2D eigenvalue weighted by Gasteiger charge is 2.45. The van der Waals surface area contributed by atoms with Gasteiger partial charge in [0.1, 0.15) is 5.54 Å². The molecule has 0 spiro atoms. The highest BCUT2D eigenvalue weighted by molar-refractivity contribution is 5.85. The van der Waals surface area contributed by atoms with Crippen LogP contribution in [0, 0.1) is 5.92 Å². The van der Waals surface area contributed by atoms with Gasteiger partial charge in [-0.15, -0.1) is 12.4 Å². The van der Waals surface area contributed by atoms with Gasteiger partial charge >= 0.3 is 0 Å². The fourth-order valence-corrected chi connectivity index (χ4v) is 4.88. The van der Waals surface area contributed by atoms with E-state index >= 15 is 0 Å². The summed E-state index contributed by atoms with van der Waals surface area (Å²) in [6.45, 7) is 5.06. The Morgan fingerprint density at radius 2 is 1.93 bits per heavy atom. The first kappa shape index (κ1) is 21.1. The van der Waals surface area contributed by atoms with E-state index in [2.05, 4.69) is 10.4 Å². The highest BCUT2D eigenvalue weighted by Crippen LogP contribution is 2.31. The largest absolute Gasteiger partial charge is 0.342 e. The molecular weight excluding hydrogens is 378 g/mol. The van der Waals surface area contributed by atoms with Crippen molar-refractivity contribution in [3.63, 3.8) is 0 Å². The van der Waals surface area contributed by atoms with Crippen LogP contribution in [-0.2, 0) is 15.1 Å². The molecular formula is C20H32ClN5O2. The van der Waals surface area contributed by atoms with Crippen molar-refractivity contribution >= 4 is 24.2 Å². The van der Waals surface area contributed by atoms with Crippen LogP contribution < -0.4 is 5.32 Å². The van der Waals surface area contributed by atoms with Gasteiger partial charge in [0.25, 0.3) is 5.91 Å². The third kappa shape index (κ3) is 4.20. The molecule has 28 heavy (non-hydrogen) atoms. The zero-order valence-corrected chi connectivity index (χ0v) is 17.3. The number of hydrogen-bond acceptors (Lipinski definition) is 4. The number of amides is 2. The average Bonchev–Trinajstić information content (AvgIpc) is 3.26. The summed E-state index contributed by atoms with van der Waals surface area (Å²) in [6.07, 6.45) is 10.1. The molecule has 4 heterocycles. The van der Waals surface area contributed by atoms with Crippen molar-refractivity contribution in [2.45, 2.75) is 50.5 Å². The number of nitrogens with one attached hydrogen (secondary N) is 1. The zero-order chi connectivity index (χ0) is 18.7. The summed E-state index contributed by atoms with van der Waals surface area (Å²) in [6, 6.07) is 1.90. The Bertz CT molecular complexity index is 652. The molecule has 4 rings (SSSR count). The number of rotatable bonds is 4. The Morgan fingerprint density at radius 1 is 1.18 bits per heavy atom. The van der Waals surface area contributed by atoms with Crippen molar-refractivity contribution in [1.82, 2.24) is 24.9 Å². The minimum absolute atomic E-state index is 0. The van der Waals surface area contributed by atoms with Crippen molar-refractivity contribution < 1.29 is 9.59 Å². The second-order valence-electron chi connectivity index (χ2n) is 8.26. The van der Waals surface area contributed by atoms with Crippen molar-refractivity contribution in [3.8, 4) is 0 Å². The van der Waals surface area contributed by atoms with Crippen LogP contribution in [0.15, 0.2) is 18.5 Å². The van der Waals surface area contributed by atoms with Gasteiger partial charge < -0.3 is 15.1 Å². The molecule has 2 amide bonds. The maximum absolute atomic E-state index is 13.5. The third-order valence-corrected chi connectivity index (χ3v) is 6.57. The molecule has 0 saturated carbocycles. The minimum atomic E-state index is -0.537. The zero-order valence-electron chi connectivity index (χ0n) is 16.5. The number of hydrogen-bond donors (Lipinski definition) is 1. The smallest absolute Gasteiger partial charge is 0.250 e. The first-order chi connectivity index (χ1) is 13.2. The number of nitrogens with zero attached hydrogens (tertiary/aromatic N) is 4. The Kier molecular flexibility index (Phi) is 6.99. The molecule has 0 aliphatic carbocycles. The maximum Gasteiger partial charge on any atom is 0.250 e. The summed E-state index contributed by atoms with van der Waals surface area (Å²) in [5.74, 6) is 1.05. The van der Waals surface area contributed by atoms with Gasteiger partial charge in [-0.3, -0.25) is 14.3 Å². The second-order valence-corrected chi connectivity index (χ2v) is 8.26. The van der Waals surface area contributed by atoms with E-state index in [1.807, 2.05) is 26.7 Å². The molecule has 1 aromatic rings. The number of aromatic nitrogens is 2. The average molecular weight is 410 g/mol. The lowest BCUT2D eigenvalue weighted by atomic mass is 9.85. The van der Waals surface area contributed by atoms with E-state index < -0.39 is 5.54 Å². The van der Waals surface area contributed by atoms with Crippen LogP contribution in [0.1, 0.15) is 44.9 Å². The molecule has 1 N–H and O–H groups in total. The summed E-state index contributed by atoms with van der Waals surface area (Å²) in [5, 5.41) is 7.79. The molecule has 3 saturated heterocycles. The fraction of sp³-hybridized carbons (Fsp3) is 0.750. The molecule has 7 nitrogen and oxygen atoms in total. The molecule has 8 heteroatoms. The quantitative estimate of drug-likeness (QED) is 0.820. The summed E-state index contributed by atoms with van der Waals surface area (Å²) in [4.78, 5) is 29.6. The maximum atomic E-state index is 13.5.